The highest BCUT2D eigenvalue weighted by Gasteiger charge is 1.98. The lowest BCUT2D eigenvalue weighted by Gasteiger charge is -1.96. The van der Waals surface area contributed by atoms with Crippen molar-refractivity contribution in [3.63, 3.8) is 0 Å². The van der Waals surface area contributed by atoms with Crippen LogP contribution in [0.1, 0.15) is 6.92 Å². The predicted molar refractivity (Wildman–Crippen MR) is 44.0 cm³/mol. The maximum absolute atomic E-state index is 10.2. The van der Waals surface area contributed by atoms with E-state index in [1.165, 1.54) is 0 Å². The van der Waals surface area contributed by atoms with E-state index in [1.807, 2.05) is 6.92 Å². The van der Waals surface area contributed by atoms with Gasteiger partial charge in [-0.25, -0.2) is 0 Å². The molecular weight excluding hydrogens is 158 g/mol. The number of hydrogen-bond acceptors (Lipinski definition) is 3. The molecule has 1 rings (SSSR count). The first-order chi connectivity index (χ1) is 5.72. The van der Waals surface area contributed by atoms with E-state index >= 15 is 0 Å². The van der Waals surface area contributed by atoms with E-state index in [4.69, 9.17) is 5.11 Å². The number of carboxylic acid groups (broad SMARTS) is 1. The molecule has 0 aromatic carbocycles. The topological polar surface area (TPSA) is 67.2 Å². The highest BCUT2D eigenvalue weighted by molar-refractivity contribution is 5.72. The largest absolute Gasteiger partial charge is 0.480 e. The molecule has 5 nitrogen and oxygen atoms in total. The molecule has 0 bridgehead atoms. The number of aliphatic carboxylic acids is 1. The summed E-state index contributed by atoms with van der Waals surface area (Å²) >= 11 is 0. The number of nitrogens with zero attached hydrogens (tertiary/aromatic N) is 2. The molecule has 2 N–H and O–H groups in total. The Kier molecular flexibility index (Phi) is 2.68. The molecule has 0 radical (unpaired) electrons. The van der Waals surface area contributed by atoms with Gasteiger partial charge < -0.3 is 10.4 Å². The van der Waals surface area contributed by atoms with Gasteiger partial charge in [-0.3, -0.25) is 9.48 Å². The molecule has 0 fully saturated rings. The van der Waals surface area contributed by atoms with Crippen molar-refractivity contribution < 1.29 is 9.90 Å². The van der Waals surface area contributed by atoms with Crippen LogP contribution in [0.15, 0.2) is 12.3 Å². The summed E-state index contributed by atoms with van der Waals surface area (Å²) in [6.07, 6.45) is 1.80. The summed E-state index contributed by atoms with van der Waals surface area (Å²) < 4.78 is 1.73. The molecule has 0 saturated carbocycles. The van der Waals surface area contributed by atoms with Crippen LogP contribution in [0.5, 0.6) is 0 Å². The first kappa shape index (κ1) is 8.58. The molecule has 0 amide bonds. The molecule has 5 heteroatoms. The monoisotopic (exact) mass is 169 g/mol. The summed E-state index contributed by atoms with van der Waals surface area (Å²) in [7, 11) is 0. The fourth-order valence-electron chi connectivity index (χ4n) is 0.798. The molecule has 1 aromatic heterocycles. The first-order valence-corrected chi connectivity index (χ1v) is 3.71. The van der Waals surface area contributed by atoms with E-state index in [0.717, 1.165) is 6.54 Å². The maximum Gasteiger partial charge on any atom is 0.322 e. The first-order valence-electron chi connectivity index (χ1n) is 3.71. The summed E-state index contributed by atoms with van der Waals surface area (Å²) in [5, 5.41) is 15.1. The zero-order chi connectivity index (χ0) is 8.97. The van der Waals surface area contributed by atoms with Gasteiger partial charge in [0.25, 0.3) is 0 Å². The van der Waals surface area contributed by atoms with Gasteiger partial charge in [-0.05, 0) is 6.92 Å². The summed E-state index contributed by atoms with van der Waals surface area (Å²) in [4.78, 5) is 10.2. The Labute approximate surface area is 70.0 Å². The molecule has 1 aromatic rings. The fourth-order valence-corrected chi connectivity index (χ4v) is 0.798. The van der Waals surface area contributed by atoms with E-state index in [9.17, 15) is 4.79 Å². The van der Waals surface area contributed by atoms with Crippen molar-refractivity contribution in [2.75, 3.05) is 11.9 Å². The van der Waals surface area contributed by atoms with E-state index in [-0.39, 0.29) is 6.54 Å². The maximum atomic E-state index is 10.2. The molecular formula is C7H11N3O2. The summed E-state index contributed by atoms with van der Waals surface area (Å²) in [6.45, 7) is 2.66. The van der Waals surface area contributed by atoms with Crippen molar-refractivity contribution >= 4 is 11.8 Å². The number of carboxylic acids is 1. The smallest absolute Gasteiger partial charge is 0.322 e. The van der Waals surface area contributed by atoms with Crippen LogP contribution in [0.25, 0.3) is 0 Å². The number of hydrogen-bond donors (Lipinski definition) is 2. The van der Waals surface area contributed by atoms with Crippen LogP contribution in [0.3, 0.4) is 0 Å². The van der Waals surface area contributed by atoms with E-state index in [1.54, 1.807) is 16.9 Å². The van der Waals surface area contributed by atoms with Gasteiger partial charge in [-0.15, -0.1) is 0 Å². The third kappa shape index (κ3) is 2.26. The summed E-state index contributed by atoms with van der Waals surface area (Å²) in [5.74, 6) is -0.291. The Morgan fingerprint density at radius 2 is 2.58 bits per heavy atom. The second kappa shape index (κ2) is 3.75. The zero-order valence-corrected chi connectivity index (χ0v) is 6.82. The third-order valence-corrected chi connectivity index (χ3v) is 1.39. The lowest BCUT2D eigenvalue weighted by atomic mass is 10.6. The number of aryl methyl sites for hydroxylation is 1. The van der Waals surface area contributed by atoms with Crippen LogP contribution >= 0.6 is 0 Å². The minimum atomic E-state index is -0.888. The number of aromatic nitrogens is 2. The van der Waals surface area contributed by atoms with Crippen LogP contribution < -0.4 is 5.32 Å². The summed E-state index contributed by atoms with van der Waals surface area (Å²) in [5.41, 5.74) is 0. The second-order valence-electron chi connectivity index (χ2n) is 2.30. The van der Waals surface area contributed by atoms with Gasteiger partial charge >= 0.3 is 5.97 Å². The molecule has 12 heavy (non-hydrogen) atoms. The quantitative estimate of drug-likeness (QED) is 0.684. The highest BCUT2D eigenvalue weighted by Crippen LogP contribution is 2.00. The van der Waals surface area contributed by atoms with Crippen molar-refractivity contribution in [1.82, 2.24) is 9.78 Å². The third-order valence-electron chi connectivity index (χ3n) is 1.39. The van der Waals surface area contributed by atoms with E-state index in [0.29, 0.717) is 5.82 Å². The minimum absolute atomic E-state index is 0.0965. The van der Waals surface area contributed by atoms with Crippen molar-refractivity contribution in [2.45, 2.75) is 13.5 Å². The minimum Gasteiger partial charge on any atom is -0.480 e. The van der Waals surface area contributed by atoms with Crippen molar-refractivity contribution in [3.8, 4) is 0 Å². The Bertz CT molecular complexity index is 269. The molecule has 0 aliphatic heterocycles. The second-order valence-corrected chi connectivity index (χ2v) is 2.30. The number of nitrogens with one attached hydrogen (secondary N) is 1. The molecule has 66 valence electrons. The van der Waals surface area contributed by atoms with Crippen molar-refractivity contribution in [1.29, 1.82) is 0 Å². The van der Waals surface area contributed by atoms with Gasteiger partial charge in [0, 0.05) is 18.8 Å². The molecule has 0 aliphatic carbocycles. The van der Waals surface area contributed by atoms with Gasteiger partial charge in [0.2, 0.25) is 0 Å². The van der Waals surface area contributed by atoms with Gasteiger partial charge in [-0.2, -0.15) is 5.10 Å². The summed E-state index contributed by atoms with van der Waals surface area (Å²) in [6, 6.07) is 1.74. The van der Waals surface area contributed by atoms with Crippen LogP contribution in [0.2, 0.25) is 0 Å². The van der Waals surface area contributed by atoms with Gasteiger partial charge in [0.15, 0.2) is 0 Å². The predicted octanol–water partition coefficient (Wildman–Crippen LogP) is 0.399. The average molecular weight is 169 g/mol. The molecule has 0 atom stereocenters. The Hall–Kier alpha value is -1.52. The Balaban J connectivity index is 2.47. The van der Waals surface area contributed by atoms with Crippen LogP contribution in [-0.4, -0.2) is 27.4 Å². The number of anilines is 1. The average Bonchev–Trinajstić information content (AvgIpc) is 2.48. The lowest BCUT2D eigenvalue weighted by molar-refractivity contribution is -0.134. The molecule has 0 spiro atoms. The SMILES string of the molecule is CCn1ccc(NCC(=O)O)n1. The number of rotatable bonds is 4. The normalized spacial score (nSPS) is 9.75. The van der Waals surface area contributed by atoms with Gasteiger partial charge in [-0.1, -0.05) is 0 Å². The van der Waals surface area contributed by atoms with Gasteiger partial charge in [0.05, 0.1) is 0 Å². The van der Waals surface area contributed by atoms with Crippen molar-refractivity contribution in [3.05, 3.63) is 12.3 Å². The lowest BCUT2D eigenvalue weighted by Crippen LogP contribution is -2.12. The Morgan fingerprint density at radius 1 is 1.83 bits per heavy atom. The highest BCUT2D eigenvalue weighted by atomic mass is 16.4. The van der Waals surface area contributed by atoms with Gasteiger partial charge in [0.1, 0.15) is 12.4 Å². The number of carbonyl (C=O) groups is 1. The molecule has 0 saturated heterocycles. The molecule has 0 unspecified atom stereocenters. The van der Waals surface area contributed by atoms with E-state index in [2.05, 4.69) is 10.4 Å². The van der Waals surface area contributed by atoms with Crippen LogP contribution in [-0.2, 0) is 11.3 Å². The standard InChI is InChI=1S/C7H11N3O2/c1-2-10-4-3-6(9-10)8-5-7(11)12/h3-4H,2,5H2,1H3,(H,8,9)(H,11,12). The zero-order valence-electron chi connectivity index (χ0n) is 6.82. The van der Waals surface area contributed by atoms with Crippen molar-refractivity contribution in [2.24, 2.45) is 0 Å². The molecule has 1 heterocycles. The molecule has 0 aliphatic rings. The van der Waals surface area contributed by atoms with E-state index < -0.39 is 5.97 Å². The van der Waals surface area contributed by atoms with Crippen LogP contribution in [0.4, 0.5) is 5.82 Å². The Morgan fingerprint density at radius 3 is 3.08 bits per heavy atom. The fraction of sp³-hybridized carbons (Fsp3) is 0.429. The van der Waals surface area contributed by atoms with Crippen LogP contribution in [0, 0.1) is 0 Å².